The molecule has 0 aliphatic rings. The topological polar surface area (TPSA) is 149 Å². The van der Waals surface area contributed by atoms with Gasteiger partial charge in [-0.1, -0.05) is 31.0 Å². The lowest BCUT2D eigenvalue weighted by atomic mass is 10.1. The lowest BCUT2D eigenvalue weighted by Gasteiger charge is -2.17. The summed E-state index contributed by atoms with van der Waals surface area (Å²) in [4.78, 5) is 44.6. The maximum atomic E-state index is 12.8. The number of primary amides is 1. The molecule has 0 saturated carbocycles. The Balaban J connectivity index is 1.54. The van der Waals surface area contributed by atoms with Crippen LogP contribution >= 0.6 is 0 Å². The van der Waals surface area contributed by atoms with Gasteiger partial charge in [0.2, 0.25) is 17.7 Å². The molecule has 0 saturated heterocycles. The number of H-pyrrole nitrogens is 1. The van der Waals surface area contributed by atoms with Crippen LogP contribution in [0.15, 0.2) is 55.1 Å². The number of ether oxygens (including phenoxy) is 1. The maximum absolute atomic E-state index is 12.8. The monoisotopic (exact) mass is 487 g/mol. The molecule has 1 aromatic carbocycles. The lowest BCUT2D eigenvalue weighted by Crippen LogP contribution is -2.31. The first-order valence-electron chi connectivity index (χ1n) is 11.8. The Hall–Kier alpha value is -4.34. The van der Waals surface area contributed by atoms with E-state index in [0.29, 0.717) is 36.7 Å². The third-order valence-electron chi connectivity index (χ3n) is 5.81. The summed E-state index contributed by atoms with van der Waals surface area (Å²) in [6, 6.07) is 9.46. The molecule has 4 aromatic rings. The number of hydrogen-bond acceptors (Lipinski definition) is 7. The maximum Gasteiger partial charge on any atom is 0.226 e. The highest BCUT2D eigenvalue weighted by atomic mass is 16.5. The third-order valence-corrected chi connectivity index (χ3v) is 5.81. The van der Waals surface area contributed by atoms with Gasteiger partial charge < -0.3 is 20.8 Å². The Morgan fingerprint density at radius 1 is 1.11 bits per heavy atom. The fourth-order valence-electron chi connectivity index (χ4n) is 4.03. The van der Waals surface area contributed by atoms with Crippen LogP contribution in [-0.4, -0.2) is 43.8 Å². The van der Waals surface area contributed by atoms with E-state index in [0.717, 1.165) is 35.0 Å². The molecule has 4 rings (SSSR count). The number of carbonyl (C=O) groups excluding carboxylic acids is 2. The number of nitrogens with one attached hydrogen (secondary N) is 2. The lowest BCUT2D eigenvalue weighted by molar-refractivity contribution is -0.121. The number of nitrogens with two attached hydrogens (primary N) is 1. The number of benzene rings is 1. The van der Waals surface area contributed by atoms with Crippen LogP contribution in [0.4, 0.5) is 0 Å². The molecule has 0 unspecified atom stereocenters. The first-order chi connectivity index (χ1) is 17.5. The first-order valence-corrected chi connectivity index (χ1v) is 11.8. The van der Waals surface area contributed by atoms with Gasteiger partial charge in [-0.05, 0) is 25.0 Å². The fourth-order valence-corrected chi connectivity index (χ4v) is 4.03. The van der Waals surface area contributed by atoms with Crippen molar-refractivity contribution in [3.63, 3.8) is 0 Å². The van der Waals surface area contributed by atoms with E-state index in [1.165, 1.54) is 0 Å². The highest BCUT2D eigenvalue weighted by molar-refractivity contribution is 5.85. The number of amides is 2. The quantitative estimate of drug-likeness (QED) is 0.260. The summed E-state index contributed by atoms with van der Waals surface area (Å²) in [6.07, 6.45) is 9.84. The molecule has 36 heavy (non-hydrogen) atoms. The van der Waals surface area contributed by atoms with Gasteiger partial charge in [-0.3, -0.25) is 19.6 Å². The SMILES string of the molecule is COc1nc2ccccc2cc1-c1cnc([C@H](CCCCCC(N)=O)NC(=O)Cc2cnccn2)[nH]1. The second kappa shape index (κ2) is 11.9. The Kier molecular flexibility index (Phi) is 8.17. The molecule has 3 aromatic heterocycles. The van der Waals surface area contributed by atoms with Gasteiger partial charge in [-0.25, -0.2) is 9.97 Å². The van der Waals surface area contributed by atoms with Crippen LogP contribution in [0.3, 0.4) is 0 Å². The summed E-state index contributed by atoms with van der Waals surface area (Å²) in [6.45, 7) is 0. The van der Waals surface area contributed by atoms with Crippen molar-refractivity contribution in [1.82, 2.24) is 30.2 Å². The van der Waals surface area contributed by atoms with E-state index in [4.69, 9.17) is 10.5 Å². The van der Waals surface area contributed by atoms with Crippen LogP contribution in [0.1, 0.15) is 49.7 Å². The van der Waals surface area contributed by atoms with E-state index < -0.39 is 0 Å². The molecular weight excluding hydrogens is 458 g/mol. The number of unbranched alkanes of at least 4 members (excludes halogenated alkanes) is 2. The van der Waals surface area contributed by atoms with Gasteiger partial charge in [0.15, 0.2) is 0 Å². The van der Waals surface area contributed by atoms with Crippen molar-refractivity contribution in [2.45, 2.75) is 44.6 Å². The van der Waals surface area contributed by atoms with Gasteiger partial charge in [-0.15, -0.1) is 0 Å². The minimum absolute atomic E-state index is 0.113. The number of rotatable bonds is 12. The zero-order valence-electron chi connectivity index (χ0n) is 20.1. The van der Waals surface area contributed by atoms with Gasteiger partial charge in [-0.2, -0.15) is 0 Å². The molecule has 0 aliphatic heterocycles. The molecule has 0 bridgehead atoms. The molecule has 10 heteroatoms. The summed E-state index contributed by atoms with van der Waals surface area (Å²) in [7, 11) is 1.58. The number of hydrogen-bond donors (Lipinski definition) is 3. The standard InChI is InChI=1S/C26H29N7O3/c1-36-26-19(13-17-7-5-6-8-20(17)33-26)22-16-30-25(32-22)21(9-3-2-4-10-23(27)34)31-24(35)14-18-15-28-11-12-29-18/h5-8,11-13,15-16,21H,2-4,9-10,14H2,1H3,(H2,27,34)(H,30,32)(H,31,35)/t21-/m0/s1. The number of para-hydroxylation sites is 1. The molecule has 186 valence electrons. The molecule has 2 amide bonds. The van der Waals surface area contributed by atoms with Crippen molar-refractivity contribution in [2.75, 3.05) is 7.11 Å². The van der Waals surface area contributed by atoms with E-state index >= 15 is 0 Å². The molecule has 3 heterocycles. The average Bonchev–Trinajstić information content (AvgIpc) is 3.37. The molecule has 0 spiro atoms. The summed E-state index contributed by atoms with van der Waals surface area (Å²) < 4.78 is 5.54. The average molecular weight is 488 g/mol. The number of aromatic amines is 1. The highest BCUT2D eigenvalue weighted by Gasteiger charge is 2.20. The van der Waals surface area contributed by atoms with Crippen LogP contribution in [0.2, 0.25) is 0 Å². The van der Waals surface area contributed by atoms with E-state index in [2.05, 4.69) is 30.2 Å². The van der Waals surface area contributed by atoms with Gasteiger partial charge in [0.1, 0.15) is 5.82 Å². The van der Waals surface area contributed by atoms with Crippen molar-refractivity contribution in [3.8, 4) is 17.1 Å². The third kappa shape index (κ3) is 6.41. The Morgan fingerprint density at radius 2 is 1.97 bits per heavy atom. The van der Waals surface area contributed by atoms with Crippen molar-refractivity contribution in [2.24, 2.45) is 5.73 Å². The van der Waals surface area contributed by atoms with Crippen molar-refractivity contribution < 1.29 is 14.3 Å². The minimum Gasteiger partial charge on any atom is -0.480 e. The zero-order chi connectivity index (χ0) is 25.3. The molecule has 0 radical (unpaired) electrons. The van der Waals surface area contributed by atoms with Crippen LogP contribution in [0, 0.1) is 0 Å². The number of carbonyl (C=O) groups is 2. The highest BCUT2D eigenvalue weighted by Crippen LogP contribution is 2.31. The Labute approximate surface area is 208 Å². The minimum atomic E-state index is -0.351. The molecule has 4 N–H and O–H groups in total. The van der Waals surface area contributed by atoms with Crippen LogP contribution in [0.25, 0.3) is 22.2 Å². The fraction of sp³-hybridized carbons (Fsp3) is 0.308. The summed E-state index contributed by atoms with van der Waals surface area (Å²) in [5.41, 5.74) is 8.18. The van der Waals surface area contributed by atoms with Crippen molar-refractivity contribution in [1.29, 1.82) is 0 Å². The number of imidazole rings is 1. The van der Waals surface area contributed by atoms with Gasteiger partial charge >= 0.3 is 0 Å². The van der Waals surface area contributed by atoms with Crippen molar-refractivity contribution >= 4 is 22.7 Å². The number of nitrogens with zero attached hydrogens (tertiary/aromatic N) is 4. The van der Waals surface area contributed by atoms with E-state index in [1.54, 1.807) is 31.9 Å². The van der Waals surface area contributed by atoms with Crippen LogP contribution in [0.5, 0.6) is 5.88 Å². The van der Waals surface area contributed by atoms with E-state index in [9.17, 15) is 9.59 Å². The van der Waals surface area contributed by atoms with Crippen LogP contribution < -0.4 is 15.8 Å². The molecule has 10 nitrogen and oxygen atoms in total. The van der Waals surface area contributed by atoms with Gasteiger partial charge in [0.25, 0.3) is 0 Å². The second-order valence-corrected chi connectivity index (χ2v) is 8.48. The number of pyridine rings is 1. The second-order valence-electron chi connectivity index (χ2n) is 8.48. The summed E-state index contributed by atoms with van der Waals surface area (Å²) >= 11 is 0. The predicted molar refractivity (Wildman–Crippen MR) is 135 cm³/mol. The zero-order valence-corrected chi connectivity index (χ0v) is 20.1. The van der Waals surface area contributed by atoms with Crippen molar-refractivity contribution in [3.05, 3.63) is 66.6 Å². The van der Waals surface area contributed by atoms with E-state index in [1.807, 2.05) is 30.3 Å². The Morgan fingerprint density at radius 3 is 2.75 bits per heavy atom. The summed E-state index contributed by atoms with van der Waals surface area (Å²) in [5, 5.41) is 4.04. The number of aromatic nitrogens is 5. The molecular formula is C26H29N7O3. The van der Waals surface area contributed by atoms with Crippen LogP contribution in [-0.2, 0) is 16.0 Å². The smallest absolute Gasteiger partial charge is 0.226 e. The largest absolute Gasteiger partial charge is 0.480 e. The molecule has 0 aliphatic carbocycles. The Bertz CT molecular complexity index is 1320. The van der Waals surface area contributed by atoms with Gasteiger partial charge in [0, 0.05) is 30.4 Å². The normalized spacial score (nSPS) is 11.8. The van der Waals surface area contributed by atoms with Gasteiger partial charge in [0.05, 0.1) is 48.2 Å². The number of fused-ring (bicyclic) bond motifs is 1. The molecule has 0 fully saturated rings. The number of methoxy groups -OCH3 is 1. The summed E-state index contributed by atoms with van der Waals surface area (Å²) in [5.74, 6) is 0.624. The molecule has 1 atom stereocenters. The first kappa shape index (κ1) is 24.8. The van der Waals surface area contributed by atoms with E-state index in [-0.39, 0.29) is 24.3 Å². The predicted octanol–water partition coefficient (Wildman–Crippen LogP) is 3.26.